The molecular weight excluding hydrogens is 309 g/mol. The van der Waals surface area contributed by atoms with Crippen LogP contribution in [0.2, 0.25) is 0 Å². The van der Waals surface area contributed by atoms with Crippen molar-refractivity contribution in [2.24, 2.45) is 0 Å². The maximum absolute atomic E-state index is 13.6. The average molecular weight is 330 g/mol. The fourth-order valence-electron chi connectivity index (χ4n) is 2.71. The monoisotopic (exact) mass is 329 g/mol. The first-order valence-corrected chi connectivity index (χ1v) is 7.82. The first-order chi connectivity index (χ1) is 9.20. The third kappa shape index (κ3) is 4.26. The Labute approximate surface area is 122 Å². The molecule has 1 unspecified atom stereocenters. The third-order valence-corrected chi connectivity index (χ3v) is 4.46. The van der Waals surface area contributed by atoms with E-state index < -0.39 is 0 Å². The predicted octanol–water partition coefficient (Wildman–Crippen LogP) is 3.93. The zero-order chi connectivity index (χ0) is 13.7. The molecule has 4 heteroatoms. The second-order valence-corrected chi connectivity index (χ2v) is 6.12. The molecule has 0 bridgehead atoms. The Morgan fingerprint density at radius 1 is 1.26 bits per heavy atom. The average Bonchev–Trinajstić information content (AvgIpc) is 2.68. The van der Waals surface area contributed by atoms with Gasteiger partial charge in [-0.1, -0.05) is 31.7 Å². The van der Waals surface area contributed by atoms with Gasteiger partial charge in [-0.3, -0.25) is 0 Å². The van der Waals surface area contributed by atoms with Gasteiger partial charge in [0.05, 0.1) is 17.1 Å². The third-order valence-electron chi connectivity index (χ3n) is 3.82. The zero-order valence-electron chi connectivity index (χ0n) is 11.0. The van der Waals surface area contributed by atoms with E-state index >= 15 is 0 Å². The fraction of sp³-hybridized carbons (Fsp3) is 0.600. The van der Waals surface area contributed by atoms with Crippen LogP contribution in [-0.2, 0) is 0 Å². The molecule has 1 saturated carbocycles. The smallest absolute Gasteiger partial charge is 0.137 e. The summed E-state index contributed by atoms with van der Waals surface area (Å²) in [6, 6.07) is 5.31. The highest BCUT2D eigenvalue weighted by atomic mass is 79.9. The second kappa shape index (κ2) is 7.36. The van der Waals surface area contributed by atoms with Gasteiger partial charge in [0.2, 0.25) is 0 Å². The molecule has 0 aromatic heterocycles. The van der Waals surface area contributed by atoms with Crippen molar-refractivity contribution >= 4 is 15.9 Å². The standard InChI is InChI=1S/C15H21BrFNO/c16-13-8-7-11(9-14(13)17)15(10-19)18-12-5-3-1-2-4-6-12/h7-9,12,15,18-19H,1-6,10H2. The van der Waals surface area contributed by atoms with Crippen LogP contribution in [0.5, 0.6) is 0 Å². The van der Waals surface area contributed by atoms with Crippen molar-refractivity contribution in [3.05, 3.63) is 34.1 Å². The van der Waals surface area contributed by atoms with E-state index in [0.717, 1.165) is 18.4 Å². The van der Waals surface area contributed by atoms with E-state index in [9.17, 15) is 9.50 Å². The van der Waals surface area contributed by atoms with E-state index in [1.807, 2.05) is 6.07 Å². The Morgan fingerprint density at radius 2 is 1.95 bits per heavy atom. The van der Waals surface area contributed by atoms with Crippen LogP contribution in [0, 0.1) is 5.82 Å². The van der Waals surface area contributed by atoms with E-state index in [1.54, 1.807) is 6.07 Å². The number of benzene rings is 1. The van der Waals surface area contributed by atoms with Crippen molar-refractivity contribution in [2.45, 2.75) is 50.6 Å². The van der Waals surface area contributed by atoms with E-state index in [-0.39, 0.29) is 18.5 Å². The molecule has 1 atom stereocenters. The summed E-state index contributed by atoms with van der Waals surface area (Å²) in [5.74, 6) is -0.279. The summed E-state index contributed by atoms with van der Waals surface area (Å²) >= 11 is 3.15. The molecule has 0 saturated heterocycles. The SMILES string of the molecule is OCC(NC1CCCCCC1)c1ccc(Br)c(F)c1. The molecule has 106 valence electrons. The summed E-state index contributed by atoms with van der Waals surface area (Å²) in [5.41, 5.74) is 0.812. The molecule has 1 aromatic carbocycles. The zero-order valence-corrected chi connectivity index (χ0v) is 12.6. The van der Waals surface area contributed by atoms with Gasteiger partial charge in [0.15, 0.2) is 0 Å². The maximum Gasteiger partial charge on any atom is 0.137 e. The van der Waals surface area contributed by atoms with Crippen LogP contribution in [-0.4, -0.2) is 17.8 Å². The molecule has 2 nitrogen and oxygen atoms in total. The minimum Gasteiger partial charge on any atom is -0.394 e. The van der Waals surface area contributed by atoms with Gasteiger partial charge in [0.1, 0.15) is 5.82 Å². The van der Waals surface area contributed by atoms with Crippen molar-refractivity contribution in [2.75, 3.05) is 6.61 Å². The molecular formula is C15H21BrFNO. The number of hydrogen-bond acceptors (Lipinski definition) is 2. The van der Waals surface area contributed by atoms with E-state index in [4.69, 9.17) is 0 Å². The van der Waals surface area contributed by atoms with E-state index in [1.165, 1.54) is 31.7 Å². The Kier molecular flexibility index (Phi) is 5.79. The number of aliphatic hydroxyl groups is 1. The molecule has 19 heavy (non-hydrogen) atoms. The molecule has 1 aliphatic rings. The van der Waals surface area contributed by atoms with Gasteiger partial charge in [0.25, 0.3) is 0 Å². The maximum atomic E-state index is 13.6. The summed E-state index contributed by atoms with van der Waals surface area (Å²) in [6.07, 6.45) is 7.38. The van der Waals surface area contributed by atoms with Crippen molar-refractivity contribution in [3.8, 4) is 0 Å². The molecule has 1 fully saturated rings. The van der Waals surface area contributed by atoms with Crippen molar-refractivity contribution < 1.29 is 9.50 Å². The highest BCUT2D eigenvalue weighted by Gasteiger charge is 2.18. The number of aliphatic hydroxyl groups excluding tert-OH is 1. The van der Waals surface area contributed by atoms with Gasteiger partial charge in [-0.25, -0.2) is 4.39 Å². The number of nitrogens with one attached hydrogen (secondary N) is 1. The molecule has 0 aliphatic heterocycles. The lowest BCUT2D eigenvalue weighted by molar-refractivity contribution is 0.228. The van der Waals surface area contributed by atoms with Crippen LogP contribution in [0.1, 0.15) is 50.1 Å². The number of rotatable bonds is 4. The lowest BCUT2D eigenvalue weighted by Crippen LogP contribution is -2.34. The lowest BCUT2D eigenvalue weighted by Gasteiger charge is -2.24. The Bertz CT molecular complexity index is 405. The summed E-state index contributed by atoms with van der Waals surface area (Å²) in [4.78, 5) is 0. The van der Waals surface area contributed by atoms with Crippen LogP contribution in [0.25, 0.3) is 0 Å². The Balaban J connectivity index is 2.03. The first kappa shape index (κ1) is 14.9. The van der Waals surface area contributed by atoms with Gasteiger partial charge >= 0.3 is 0 Å². The predicted molar refractivity (Wildman–Crippen MR) is 78.6 cm³/mol. The highest BCUT2D eigenvalue weighted by molar-refractivity contribution is 9.10. The van der Waals surface area contributed by atoms with Gasteiger partial charge in [-0.15, -0.1) is 0 Å². The van der Waals surface area contributed by atoms with Crippen LogP contribution in [0.4, 0.5) is 4.39 Å². The fourth-order valence-corrected chi connectivity index (χ4v) is 2.96. The van der Waals surface area contributed by atoms with Gasteiger partial charge in [-0.2, -0.15) is 0 Å². The summed E-state index contributed by atoms with van der Waals surface area (Å²) < 4.78 is 14.0. The molecule has 2 N–H and O–H groups in total. The van der Waals surface area contributed by atoms with Crippen molar-refractivity contribution in [3.63, 3.8) is 0 Å². The van der Waals surface area contributed by atoms with E-state index in [0.29, 0.717) is 10.5 Å². The normalized spacial score (nSPS) is 19.1. The molecule has 0 heterocycles. The van der Waals surface area contributed by atoms with Crippen LogP contribution < -0.4 is 5.32 Å². The molecule has 0 radical (unpaired) electrons. The minimum atomic E-state index is -0.279. The van der Waals surface area contributed by atoms with Crippen LogP contribution >= 0.6 is 15.9 Å². The van der Waals surface area contributed by atoms with Crippen molar-refractivity contribution in [1.82, 2.24) is 5.32 Å². The first-order valence-electron chi connectivity index (χ1n) is 7.02. The number of hydrogen-bond donors (Lipinski definition) is 2. The van der Waals surface area contributed by atoms with Gasteiger partial charge < -0.3 is 10.4 Å². The molecule has 1 aromatic rings. The van der Waals surface area contributed by atoms with Crippen LogP contribution in [0.15, 0.2) is 22.7 Å². The van der Waals surface area contributed by atoms with E-state index in [2.05, 4.69) is 21.2 Å². The topological polar surface area (TPSA) is 32.3 Å². The second-order valence-electron chi connectivity index (χ2n) is 5.26. The van der Waals surface area contributed by atoms with Gasteiger partial charge in [-0.05, 0) is 46.5 Å². The molecule has 1 aliphatic carbocycles. The summed E-state index contributed by atoms with van der Waals surface area (Å²) in [7, 11) is 0. The lowest BCUT2D eigenvalue weighted by atomic mass is 10.0. The number of halogens is 2. The van der Waals surface area contributed by atoms with Crippen molar-refractivity contribution in [1.29, 1.82) is 0 Å². The van der Waals surface area contributed by atoms with Crippen LogP contribution in [0.3, 0.4) is 0 Å². The summed E-state index contributed by atoms with van der Waals surface area (Å²) in [6.45, 7) is -0.00241. The van der Waals surface area contributed by atoms with Gasteiger partial charge in [0, 0.05) is 6.04 Å². The Hall–Kier alpha value is -0.450. The summed E-state index contributed by atoms with van der Waals surface area (Å²) in [5, 5.41) is 13.0. The molecule has 0 spiro atoms. The highest BCUT2D eigenvalue weighted by Crippen LogP contribution is 2.23. The quantitative estimate of drug-likeness (QED) is 0.820. The molecule has 0 amide bonds. The Morgan fingerprint density at radius 3 is 2.53 bits per heavy atom. The molecule has 2 rings (SSSR count). The minimum absolute atomic E-state index is 0.00241. The largest absolute Gasteiger partial charge is 0.394 e.